The van der Waals surface area contributed by atoms with Gasteiger partial charge in [0.05, 0.1) is 13.7 Å². The number of ether oxygens (including phenoxy) is 2. The highest BCUT2D eigenvalue weighted by Gasteiger charge is 2.16. The number of hydrogen-bond acceptors (Lipinski definition) is 4. The number of carboxylic acids is 1. The van der Waals surface area contributed by atoms with Crippen molar-refractivity contribution in [2.24, 2.45) is 0 Å². The molecule has 0 aliphatic heterocycles. The summed E-state index contributed by atoms with van der Waals surface area (Å²) in [5.74, 6) is -0.592. The van der Waals surface area contributed by atoms with Crippen LogP contribution >= 0.6 is 11.3 Å². The first-order chi connectivity index (χ1) is 6.69. The minimum atomic E-state index is -0.982. The minimum absolute atomic E-state index is 0.190. The summed E-state index contributed by atoms with van der Waals surface area (Å²) in [5.41, 5.74) is 0. The summed E-state index contributed by atoms with van der Waals surface area (Å²) in [6.07, 6.45) is 0.844. The fraction of sp³-hybridized carbons (Fsp3) is 0.444. The van der Waals surface area contributed by atoms with Crippen molar-refractivity contribution in [2.45, 2.75) is 13.3 Å². The molecule has 0 aliphatic carbocycles. The summed E-state index contributed by atoms with van der Waals surface area (Å²) < 4.78 is 10.2. The van der Waals surface area contributed by atoms with Crippen molar-refractivity contribution in [3.05, 3.63) is 10.9 Å². The van der Waals surface area contributed by atoms with Gasteiger partial charge >= 0.3 is 5.97 Å². The van der Waals surface area contributed by atoms with E-state index in [1.165, 1.54) is 7.11 Å². The van der Waals surface area contributed by atoms with Crippen molar-refractivity contribution in [2.75, 3.05) is 13.7 Å². The van der Waals surface area contributed by atoms with Gasteiger partial charge in [-0.3, -0.25) is 0 Å². The lowest BCUT2D eigenvalue weighted by Gasteiger charge is -2.01. The molecule has 0 amide bonds. The van der Waals surface area contributed by atoms with Crippen LogP contribution in [0.4, 0.5) is 0 Å². The van der Waals surface area contributed by atoms with Crippen molar-refractivity contribution < 1.29 is 19.4 Å². The van der Waals surface area contributed by atoms with Crippen LogP contribution in [0.1, 0.15) is 23.0 Å². The molecule has 5 heteroatoms. The summed E-state index contributed by atoms with van der Waals surface area (Å²) in [5, 5.41) is 9.40. The van der Waals surface area contributed by atoms with Crippen LogP contribution < -0.4 is 9.47 Å². The second kappa shape index (κ2) is 4.85. The molecular formula is C9H12O4S. The van der Waals surface area contributed by atoms with Crippen molar-refractivity contribution in [1.29, 1.82) is 0 Å². The Balaban J connectivity index is 2.88. The van der Waals surface area contributed by atoms with Crippen LogP contribution in [0.15, 0.2) is 6.07 Å². The van der Waals surface area contributed by atoms with Crippen molar-refractivity contribution in [3.8, 4) is 10.8 Å². The molecule has 0 saturated heterocycles. The van der Waals surface area contributed by atoms with Gasteiger partial charge in [-0.05, 0) is 6.42 Å². The van der Waals surface area contributed by atoms with Gasteiger partial charge < -0.3 is 14.6 Å². The summed E-state index contributed by atoms with van der Waals surface area (Å²) in [7, 11) is 1.50. The van der Waals surface area contributed by atoms with Crippen molar-refractivity contribution >= 4 is 17.3 Å². The molecule has 78 valence electrons. The molecular weight excluding hydrogens is 204 g/mol. The number of thiophene rings is 1. The third kappa shape index (κ3) is 2.38. The van der Waals surface area contributed by atoms with E-state index in [0.717, 1.165) is 17.8 Å². The predicted octanol–water partition coefficient (Wildman–Crippen LogP) is 2.24. The van der Waals surface area contributed by atoms with E-state index >= 15 is 0 Å². The van der Waals surface area contributed by atoms with Crippen LogP contribution in [-0.2, 0) is 0 Å². The van der Waals surface area contributed by atoms with E-state index < -0.39 is 5.97 Å². The number of rotatable bonds is 5. The Morgan fingerprint density at radius 3 is 2.86 bits per heavy atom. The Bertz CT molecular complexity index is 319. The van der Waals surface area contributed by atoms with Gasteiger partial charge in [0.2, 0.25) is 0 Å². The topological polar surface area (TPSA) is 55.8 Å². The average molecular weight is 216 g/mol. The number of carbonyl (C=O) groups is 1. The largest absolute Gasteiger partial charge is 0.492 e. The third-order valence-corrected chi connectivity index (χ3v) is 2.60. The molecule has 1 N–H and O–H groups in total. The normalized spacial score (nSPS) is 9.86. The quantitative estimate of drug-likeness (QED) is 0.820. The van der Waals surface area contributed by atoms with Crippen LogP contribution in [0.5, 0.6) is 10.8 Å². The molecule has 0 aliphatic rings. The van der Waals surface area contributed by atoms with E-state index in [0.29, 0.717) is 17.4 Å². The minimum Gasteiger partial charge on any atom is -0.492 e. The smallest absolute Gasteiger partial charge is 0.349 e. The molecule has 4 nitrogen and oxygen atoms in total. The van der Waals surface area contributed by atoms with Gasteiger partial charge in [-0.2, -0.15) is 0 Å². The zero-order valence-electron chi connectivity index (χ0n) is 8.07. The monoisotopic (exact) mass is 216 g/mol. The molecule has 1 heterocycles. The van der Waals surface area contributed by atoms with Crippen LogP contribution in [-0.4, -0.2) is 24.8 Å². The molecule has 0 saturated carbocycles. The van der Waals surface area contributed by atoms with Gasteiger partial charge in [0.1, 0.15) is 5.75 Å². The molecule has 1 aromatic rings. The zero-order chi connectivity index (χ0) is 10.6. The van der Waals surface area contributed by atoms with Crippen LogP contribution in [0.2, 0.25) is 0 Å². The van der Waals surface area contributed by atoms with Crippen LogP contribution in [0, 0.1) is 0 Å². The molecule has 0 fully saturated rings. The van der Waals surface area contributed by atoms with E-state index in [2.05, 4.69) is 0 Å². The van der Waals surface area contributed by atoms with Crippen molar-refractivity contribution in [3.63, 3.8) is 0 Å². The van der Waals surface area contributed by atoms with E-state index in [1.807, 2.05) is 6.92 Å². The Labute approximate surface area is 86.1 Å². The van der Waals surface area contributed by atoms with Crippen molar-refractivity contribution in [1.82, 2.24) is 0 Å². The lowest BCUT2D eigenvalue weighted by molar-refractivity contribution is 0.0698. The maximum atomic E-state index is 10.8. The first kappa shape index (κ1) is 10.8. The highest BCUT2D eigenvalue weighted by molar-refractivity contribution is 7.16. The number of hydrogen-bond donors (Lipinski definition) is 1. The third-order valence-electron chi connectivity index (χ3n) is 1.53. The standard InChI is InChI=1S/C9H12O4S/c1-3-4-13-6-5-7(12-2)14-8(6)9(10)11/h5H,3-4H2,1-2H3,(H,10,11). The number of aromatic carboxylic acids is 1. The molecule has 1 aromatic heterocycles. The Morgan fingerprint density at radius 2 is 2.36 bits per heavy atom. The highest BCUT2D eigenvalue weighted by atomic mass is 32.1. The summed E-state index contributed by atoms with van der Waals surface area (Å²) in [4.78, 5) is 11.0. The van der Waals surface area contributed by atoms with E-state index in [1.54, 1.807) is 6.07 Å². The van der Waals surface area contributed by atoms with E-state index in [-0.39, 0.29) is 4.88 Å². The average Bonchev–Trinajstić information content (AvgIpc) is 2.58. The van der Waals surface area contributed by atoms with Gasteiger partial charge in [-0.25, -0.2) is 4.79 Å². The molecule has 14 heavy (non-hydrogen) atoms. The summed E-state index contributed by atoms with van der Waals surface area (Å²) >= 11 is 1.07. The SMILES string of the molecule is CCCOc1cc(OC)sc1C(=O)O. The first-order valence-electron chi connectivity index (χ1n) is 4.23. The van der Waals surface area contributed by atoms with E-state index in [9.17, 15) is 4.79 Å². The Kier molecular flexibility index (Phi) is 3.76. The lowest BCUT2D eigenvalue weighted by Crippen LogP contribution is -2.00. The second-order valence-electron chi connectivity index (χ2n) is 2.62. The van der Waals surface area contributed by atoms with Gasteiger partial charge in [0.25, 0.3) is 0 Å². The molecule has 0 bridgehead atoms. The summed E-state index contributed by atoms with van der Waals surface area (Å²) in [6.45, 7) is 2.48. The van der Waals surface area contributed by atoms with E-state index in [4.69, 9.17) is 14.6 Å². The van der Waals surface area contributed by atoms with Gasteiger partial charge in [-0.15, -0.1) is 0 Å². The second-order valence-corrected chi connectivity index (χ2v) is 3.63. The van der Waals surface area contributed by atoms with Gasteiger partial charge in [0, 0.05) is 6.07 Å². The Hall–Kier alpha value is -1.23. The first-order valence-corrected chi connectivity index (χ1v) is 5.04. The Morgan fingerprint density at radius 1 is 1.64 bits per heavy atom. The van der Waals surface area contributed by atoms with Crippen LogP contribution in [0.3, 0.4) is 0 Å². The van der Waals surface area contributed by atoms with Crippen LogP contribution in [0.25, 0.3) is 0 Å². The maximum absolute atomic E-state index is 10.8. The molecule has 0 aromatic carbocycles. The summed E-state index contributed by atoms with van der Waals surface area (Å²) in [6, 6.07) is 1.60. The highest BCUT2D eigenvalue weighted by Crippen LogP contribution is 2.34. The molecule has 1 rings (SSSR count). The fourth-order valence-electron chi connectivity index (χ4n) is 0.922. The molecule has 0 radical (unpaired) electrons. The lowest BCUT2D eigenvalue weighted by atomic mass is 10.4. The predicted molar refractivity (Wildman–Crippen MR) is 53.6 cm³/mol. The fourth-order valence-corrected chi connectivity index (χ4v) is 1.68. The molecule has 0 atom stereocenters. The number of carboxylic acid groups (broad SMARTS) is 1. The van der Waals surface area contributed by atoms with Gasteiger partial charge in [-0.1, -0.05) is 18.3 Å². The zero-order valence-corrected chi connectivity index (χ0v) is 8.89. The molecule has 0 unspecified atom stereocenters. The maximum Gasteiger partial charge on any atom is 0.349 e. The van der Waals surface area contributed by atoms with Gasteiger partial charge in [0.15, 0.2) is 9.94 Å². The number of methoxy groups -OCH3 is 1. The molecule has 0 spiro atoms.